The maximum atomic E-state index is 14.0. The molecule has 0 aliphatic rings. The highest BCUT2D eigenvalue weighted by molar-refractivity contribution is 5.45. The van der Waals surface area contributed by atoms with Gasteiger partial charge in [0.1, 0.15) is 6.61 Å². The molecule has 0 N–H and O–H groups in total. The van der Waals surface area contributed by atoms with Gasteiger partial charge in [-0.1, -0.05) is 43.7 Å². The van der Waals surface area contributed by atoms with E-state index in [2.05, 4.69) is 18.8 Å². The van der Waals surface area contributed by atoms with Gasteiger partial charge < -0.3 is 4.74 Å². The third-order valence-electron chi connectivity index (χ3n) is 3.95. The highest BCUT2D eigenvalue weighted by Gasteiger charge is 2.21. The van der Waals surface area contributed by atoms with Gasteiger partial charge in [0.2, 0.25) is 0 Å². The first-order valence-electron chi connectivity index (χ1n) is 9.15. The van der Waals surface area contributed by atoms with Crippen molar-refractivity contribution in [2.45, 2.75) is 38.8 Å². The minimum atomic E-state index is -4.41. The van der Waals surface area contributed by atoms with E-state index in [-0.39, 0.29) is 18.4 Å². The van der Waals surface area contributed by atoms with Crippen molar-refractivity contribution < 1.29 is 22.3 Å². The molecule has 0 aliphatic carbocycles. The van der Waals surface area contributed by atoms with Crippen LogP contribution in [0.1, 0.15) is 42.9 Å². The third-order valence-corrected chi connectivity index (χ3v) is 3.95. The topological polar surface area (TPSA) is 9.23 Å². The van der Waals surface area contributed by atoms with Gasteiger partial charge >= 0.3 is 6.18 Å². The molecule has 2 aromatic rings. The van der Waals surface area contributed by atoms with E-state index < -0.39 is 12.0 Å². The summed E-state index contributed by atoms with van der Waals surface area (Å²) in [6.45, 7) is 1.80. The van der Waals surface area contributed by atoms with Crippen LogP contribution in [0.4, 0.5) is 17.6 Å². The Kier molecular flexibility index (Phi) is 8.13. The van der Waals surface area contributed by atoms with Gasteiger partial charge in [-0.3, -0.25) is 0 Å². The van der Waals surface area contributed by atoms with Crippen molar-refractivity contribution >= 4 is 0 Å². The summed E-state index contributed by atoms with van der Waals surface area (Å²) in [5.41, 5.74) is 2.56. The van der Waals surface area contributed by atoms with Crippen molar-refractivity contribution in [3.63, 3.8) is 0 Å². The second-order valence-electron chi connectivity index (χ2n) is 6.30. The number of allylic oxidation sites excluding steroid dienone is 1. The number of benzene rings is 2. The van der Waals surface area contributed by atoms with Crippen LogP contribution in [0.15, 0.2) is 54.6 Å². The first kappa shape index (κ1) is 21.6. The zero-order valence-electron chi connectivity index (χ0n) is 15.7. The van der Waals surface area contributed by atoms with Crippen molar-refractivity contribution in [3.05, 3.63) is 77.1 Å². The maximum Gasteiger partial charge on any atom is 0.409 e. The number of hydrogen-bond donors (Lipinski definition) is 0. The molecule has 2 aromatic carbocycles. The van der Waals surface area contributed by atoms with Crippen LogP contribution in [-0.2, 0) is 6.42 Å². The third kappa shape index (κ3) is 7.87. The van der Waals surface area contributed by atoms with Crippen LogP contribution in [0.2, 0.25) is 0 Å². The standard InChI is InChI=1S/C23H22F4O/c1-2-3-4-6-18-7-9-19(10-8-18)11-12-20-13-14-22(21(24)17-20)28-16-5-15-23(25,26)27/h5,7-10,13-15,17H,2-4,6,16H2,1H3. The number of alkyl halides is 3. The molecule has 148 valence electrons. The molecule has 0 spiro atoms. The van der Waals surface area contributed by atoms with Gasteiger partial charge in [0.15, 0.2) is 11.6 Å². The van der Waals surface area contributed by atoms with E-state index in [1.165, 1.54) is 37.0 Å². The molecule has 5 heteroatoms. The van der Waals surface area contributed by atoms with Crippen molar-refractivity contribution in [1.82, 2.24) is 0 Å². The lowest BCUT2D eigenvalue weighted by molar-refractivity contribution is -0.0801. The Balaban J connectivity index is 1.95. The molecule has 0 fully saturated rings. The summed E-state index contributed by atoms with van der Waals surface area (Å²) < 4.78 is 55.0. The van der Waals surface area contributed by atoms with E-state index in [1.54, 1.807) is 6.07 Å². The average Bonchev–Trinajstić information content (AvgIpc) is 2.65. The quantitative estimate of drug-likeness (QED) is 0.228. The Morgan fingerprint density at radius 2 is 1.64 bits per heavy atom. The Labute approximate surface area is 163 Å². The minimum absolute atomic E-state index is 0.0554. The Morgan fingerprint density at radius 3 is 2.29 bits per heavy atom. The monoisotopic (exact) mass is 390 g/mol. The molecule has 0 bridgehead atoms. The lowest BCUT2D eigenvalue weighted by Gasteiger charge is -2.05. The SMILES string of the molecule is CCCCCc1ccc(C#Cc2ccc(OCC=CC(F)(F)F)c(F)c2)cc1. The Morgan fingerprint density at radius 1 is 0.964 bits per heavy atom. The van der Waals surface area contributed by atoms with E-state index >= 15 is 0 Å². The molecule has 2 rings (SSSR count). The van der Waals surface area contributed by atoms with Crippen molar-refractivity contribution in [3.8, 4) is 17.6 Å². The summed E-state index contributed by atoms with van der Waals surface area (Å²) in [6.07, 6.45) is 1.06. The van der Waals surface area contributed by atoms with Crippen LogP contribution < -0.4 is 4.74 Å². The second kappa shape index (κ2) is 10.6. The van der Waals surface area contributed by atoms with Crippen molar-refractivity contribution in [1.29, 1.82) is 0 Å². The average molecular weight is 390 g/mol. The molecule has 0 aliphatic heterocycles. The Bertz CT molecular complexity index is 840. The van der Waals surface area contributed by atoms with Gasteiger partial charge in [0.25, 0.3) is 0 Å². The molecule has 0 atom stereocenters. The van der Waals surface area contributed by atoms with Crippen LogP contribution in [-0.4, -0.2) is 12.8 Å². The van der Waals surface area contributed by atoms with E-state index in [4.69, 9.17) is 4.74 Å². The van der Waals surface area contributed by atoms with E-state index in [9.17, 15) is 17.6 Å². The molecule has 0 amide bonds. The number of unbranched alkanes of at least 4 members (excludes halogenated alkanes) is 2. The predicted octanol–water partition coefficient (Wildman–Crippen LogP) is 6.46. The zero-order valence-corrected chi connectivity index (χ0v) is 15.7. The number of ether oxygens (including phenoxy) is 1. The van der Waals surface area contributed by atoms with Crippen molar-refractivity contribution in [2.75, 3.05) is 6.61 Å². The summed E-state index contributed by atoms with van der Waals surface area (Å²) in [7, 11) is 0. The summed E-state index contributed by atoms with van der Waals surface area (Å²) in [5, 5.41) is 0. The van der Waals surface area contributed by atoms with Crippen LogP contribution in [0, 0.1) is 17.7 Å². The lowest BCUT2D eigenvalue weighted by atomic mass is 10.1. The van der Waals surface area contributed by atoms with Crippen LogP contribution in [0.5, 0.6) is 5.75 Å². The largest absolute Gasteiger partial charge is 0.486 e. The molecule has 0 aromatic heterocycles. The minimum Gasteiger partial charge on any atom is -0.486 e. The molecule has 0 saturated carbocycles. The summed E-state index contributed by atoms with van der Waals surface area (Å²) in [6, 6.07) is 12.1. The summed E-state index contributed by atoms with van der Waals surface area (Å²) in [5.74, 6) is 5.07. The Hall–Kier alpha value is -2.74. The predicted molar refractivity (Wildman–Crippen MR) is 103 cm³/mol. The van der Waals surface area contributed by atoms with Gasteiger partial charge in [0.05, 0.1) is 0 Å². The van der Waals surface area contributed by atoms with Gasteiger partial charge in [-0.2, -0.15) is 13.2 Å². The highest BCUT2D eigenvalue weighted by atomic mass is 19.4. The van der Waals surface area contributed by atoms with Gasteiger partial charge in [0, 0.05) is 17.2 Å². The molecule has 0 unspecified atom stereocenters. The number of rotatable bonds is 7. The fourth-order valence-electron chi connectivity index (χ4n) is 2.49. The van der Waals surface area contributed by atoms with E-state index in [1.807, 2.05) is 24.3 Å². The fraction of sp³-hybridized carbons (Fsp3) is 0.304. The van der Waals surface area contributed by atoms with Crippen molar-refractivity contribution in [2.24, 2.45) is 0 Å². The highest BCUT2D eigenvalue weighted by Crippen LogP contribution is 2.19. The number of halogens is 4. The normalized spacial score (nSPS) is 11.3. The fourth-order valence-corrected chi connectivity index (χ4v) is 2.49. The summed E-state index contributed by atoms with van der Waals surface area (Å²) >= 11 is 0. The molecule has 0 saturated heterocycles. The first-order chi connectivity index (χ1) is 13.4. The van der Waals surface area contributed by atoms with Crippen LogP contribution in [0.25, 0.3) is 0 Å². The second-order valence-corrected chi connectivity index (χ2v) is 6.30. The van der Waals surface area contributed by atoms with Gasteiger partial charge in [-0.05, 0) is 54.8 Å². The molecular weight excluding hydrogens is 368 g/mol. The van der Waals surface area contributed by atoms with Gasteiger partial charge in [-0.15, -0.1) is 0 Å². The lowest BCUT2D eigenvalue weighted by Crippen LogP contribution is -2.03. The van der Waals surface area contributed by atoms with Crippen LogP contribution >= 0.6 is 0 Å². The number of hydrogen-bond acceptors (Lipinski definition) is 1. The molecule has 28 heavy (non-hydrogen) atoms. The van der Waals surface area contributed by atoms with Crippen LogP contribution in [0.3, 0.4) is 0 Å². The smallest absolute Gasteiger partial charge is 0.409 e. The first-order valence-corrected chi connectivity index (χ1v) is 9.15. The van der Waals surface area contributed by atoms with E-state index in [0.717, 1.165) is 18.1 Å². The van der Waals surface area contributed by atoms with E-state index in [0.29, 0.717) is 5.56 Å². The molecule has 1 nitrogen and oxygen atoms in total. The summed E-state index contributed by atoms with van der Waals surface area (Å²) in [4.78, 5) is 0. The molecule has 0 radical (unpaired) electrons. The number of aryl methyl sites for hydroxylation is 1. The molecular formula is C23H22F4O. The van der Waals surface area contributed by atoms with Gasteiger partial charge in [-0.25, -0.2) is 4.39 Å². The molecule has 0 heterocycles. The zero-order chi connectivity index (χ0) is 20.4. The maximum absolute atomic E-state index is 14.0.